The van der Waals surface area contributed by atoms with Gasteiger partial charge >= 0.3 is 0 Å². The molecule has 2 nitrogen and oxygen atoms in total. The molecule has 0 radical (unpaired) electrons. The van der Waals surface area contributed by atoms with E-state index in [2.05, 4.69) is 0 Å². The van der Waals surface area contributed by atoms with Gasteiger partial charge in [-0.25, -0.2) is 0 Å². The van der Waals surface area contributed by atoms with E-state index >= 15 is 0 Å². The maximum atomic E-state index is 11.1. The maximum absolute atomic E-state index is 11.1. The highest BCUT2D eigenvalue weighted by Crippen LogP contribution is 2.21. The van der Waals surface area contributed by atoms with Gasteiger partial charge in [-0.3, -0.25) is 4.79 Å². The molecular weight excluding hydrogens is 150 g/mol. The summed E-state index contributed by atoms with van der Waals surface area (Å²) in [6, 6.07) is 5.79. The molecule has 0 atom stereocenters. The Hall–Kier alpha value is -1.31. The molecule has 1 aliphatic carbocycles. The monoisotopic (exact) mass is 161 g/mol. The fraction of sp³-hybridized carbons (Fsp3) is 0.300. The first-order chi connectivity index (χ1) is 5.75. The standard InChI is InChI=1S/C10H11NO/c11-9-3-1-8-6-10(12)4-2-7(8)5-9/h1,3,5H,2,4,6,11H2. The number of nitrogens with two attached hydrogens (primary N) is 1. The molecule has 62 valence electrons. The zero-order valence-electron chi connectivity index (χ0n) is 6.84. The highest BCUT2D eigenvalue weighted by molar-refractivity contribution is 5.83. The van der Waals surface area contributed by atoms with Crippen molar-refractivity contribution in [3.8, 4) is 0 Å². The average Bonchev–Trinajstić information content (AvgIpc) is 2.05. The lowest BCUT2D eigenvalue weighted by Gasteiger charge is -2.14. The number of rotatable bonds is 0. The van der Waals surface area contributed by atoms with Gasteiger partial charge in [-0.15, -0.1) is 0 Å². The van der Waals surface area contributed by atoms with Gasteiger partial charge in [0.1, 0.15) is 5.78 Å². The van der Waals surface area contributed by atoms with Crippen LogP contribution in [-0.2, 0) is 17.6 Å². The largest absolute Gasteiger partial charge is 0.399 e. The first-order valence-corrected chi connectivity index (χ1v) is 4.15. The molecule has 12 heavy (non-hydrogen) atoms. The van der Waals surface area contributed by atoms with Crippen molar-refractivity contribution in [2.24, 2.45) is 0 Å². The van der Waals surface area contributed by atoms with Gasteiger partial charge in [0.05, 0.1) is 0 Å². The lowest BCUT2D eigenvalue weighted by molar-refractivity contribution is -0.118. The summed E-state index contributed by atoms with van der Waals surface area (Å²) in [6.45, 7) is 0. The van der Waals surface area contributed by atoms with E-state index in [4.69, 9.17) is 5.73 Å². The predicted octanol–water partition coefficient (Wildman–Crippen LogP) is 1.33. The molecule has 0 heterocycles. The van der Waals surface area contributed by atoms with Crippen LogP contribution in [0, 0.1) is 0 Å². The molecule has 1 aromatic carbocycles. The summed E-state index contributed by atoms with van der Waals surface area (Å²) >= 11 is 0. The Morgan fingerprint density at radius 1 is 1.17 bits per heavy atom. The molecule has 0 unspecified atom stereocenters. The van der Waals surface area contributed by atoms with Crippen LogP contribution in [0.15, 0.2) is 18.2 Å². The van der Waals surface area contributed by atoms with Crippen LogP contribution in [-0.4, -0.2) is 5.78 Å². The van der Waals surface area contributed by atoms with E-state index < -0.39 is 0 Å². The Labute approximate surface area is 71.4 Å². The van der Waals surface area contributed by atoms with Crippen LogP contribution in [0.2, 0.25) is 0 Å². The number of Topliss-reactive ketones (excluding diaryl/α,β-unsaturated/α-hetero) is 1. The second kappa shape index (κ2) is 2.63. The van der Waals surface area contributed by atoms with Crippen LogP contribution in [0.1, 0.15) is 17.5 Å². The third-order valence-electron chi connectivity index (χ3n) is 2.29. The number of benzene rings is 1. The number of ketones is 1. The van der Waals surface area contributed by atoms with Crippen molar-refractivity contribution >= 4 is 11.5 Å². The van der Waals surface area contributed by atoms with Crippen molar-refractivity contribution in [3.05, 3.63) is 29.3 Å². The van der Waals surface area contributed by atoms with Gasteiger partial charge in [0.15, 0.2) is 0 Å². The predicted molar refractivity (Wildman–Crippen MR) is 47.9 cm³/mol. The molecule has 2 N–H and O–H groups in total. The number of hydrogen-bond acceptors (Lipinski definition) is 2. The minimum absolute atomic E-state index is 0.340. The van der Waals surface area contributed by atoms with E-state index in [0.29, 0.717) is 18.6 Å². The molecule has 0 spiro atoms. The quantitative estimate of drug-likeness (QED) is 0.583. The second-order valence-corrected chi connectivity index (χ2v) is 3.24. The smallest absolute Gasteiger partial charge is 0.137 e. The van der Waals surface area contributed by atoms with Crippen LogP contribution >= 0.6 is 0 Å². The Morgan fingerprint density at radius 2 is 2.00 bits per heavy atom. The van der Waals surface area contributed by atoms with Gasteiger partial charge < -0.3 is 5.73 Å². The highest BCUT2D eigenvalue weighted by Gasteiger charge is 2.14. The highest BCUT2D eigenvalue weighted by atomic mass is 16.1. The van der Waals surface area contributed by atoms with E-state index in [1.807, 2.05) is 18.2 Å². The Morgan fingerprint density at radius 3 is 2.83 bits per heavy atom. The van der Waals surface area contributed by atoms with Gasteiger partial charge in [0.2, 0.25) is 0 Å². The summed E-state index contributed by atoms with van der Waals surface area (Å²) in [5, 5.41) is 0. The summed E-state index contributed by atoms with van der Waals surface area (Å²) in [4.78, 5) is 11.1. The van der Waals surface area contributed by atoms with Gasteiger partial charge in [-0.2, -0.15) is 0 Å². The molecule has 0 saturated carbocycles. The minimum atomic E-state index is 0.340. The van der Waals surface area contributed by atoms with Crippen LogP contribution in [0.4, 0.5) is 5.69 Å². The first-order valence-electron chi connectivity index (χ1n) is 4.15. The Bertz CT molecular complexity index is 331. The summed E-state index contributed by atoms with van der Waals surface area (Å²) < 4.78 is 0. The van der Waals surface area contributed by atoms with Crippen molar-refractivity contribution in [1.82, 2.24) is 0 Å². The second-order valence-electron chi connectivity index (χ2n) is 3.24. The molecule has 0 fully saturated rings. The van der Waals surface area contributed by atoms with Crippen LogP contribution < -0.4 is 5.73 Å². The van der Waals surface area contributed by atoms with Crippen LogP contribution in [0.25, 0.3) is 0 Å². The van der Waals surface area contributed by atoms with Crippen molar-refractivity contribution in [3.63, 3.8) is 0 Å². The number of nitrogen functional groups attached to an aromatic ring is 1. The normalized spacial score (nSPS) is 15.8. The topological polar surface area (TPSA) is 43.1 Å². The molecule has 0 aliphatic heterocycles. The van der Waals surface area contributed by atoms with E-state index in [9.17, 15) is 4.79 Å². The number of anilines is 1. The van der Waals surface area contributed by atoms with Crippen molar-refractivity contribution in [1.29, 1.82) is 0 Å². The van der Waals surface area contributed by atoms with Gasteiger partial charge in [0.25, 0.3) is 0 Å². The van der Waals surface area contributed by atoms with Crippen molar-refractivity contribution in [2.75, 3.05) is 5.73 Å². The van der Waals surface area contributed by atoms with Gasteiger partial charge in [-0.1, -0.05) is 6.07 Å². The summed E-state index contributed by atoms with van der Waals surface area (Å²) in [7, 11) is 0. The number of hydrogen-bond donors (Lipinski definition) is 1. The molecule has 1 aromatic rings. The van der Waals surface area contributed by atoms with Crippen molar-refractivity contribution in [2.45, 2.75) is 19.3 Å². The number of carbonyl (C=O) groups is 1. The van der Waals surface area contributed by atoms with Gasteiger partial charge in [0, 0.05) is 18.5 Å². The van der Waals surface area contributed by atoms with Crippen molar-refractivity contribution < 1.29 is 4.79 Å². The lowest BCUT2D eigenvalue weighted by atomic mass is 9.91. The Balaban J connectivity index is 2.43. The summed E-state index contributed by atoms with van der Waals surface area (Å²) in [5.74, 6) is 0.340. The molecule has 0 bridgehead atoms. The van der Waals surface area contributed by atoms with E-state index in [1.54, 1.807) is 0 Å². The molecule has 1 aliphatic rings. The van der Waals surface area contributed by atoms with Crippen LogP contribution in [0.5, 0.6) is 0 Å². The van der Waals surface area contributed by atoms with E-state index in [1.165, 1.54) is 5.56 Å². The average molecular weight is 161 g/mol. The maximum Gasteiger partial charge on any atom is 0.137 e. The minimum Gasteiger partial charge on any atom is -0.399 e. The van der Waals surface area contributed by atoms with E-state index in [-0.39, 0.29) is 0 Å². The Kier molecular flexibility index (Phi) is 1.61. The number of fused-ring (bicyclic) bond motifs is 1. The fourth-order valence-electron chi connectivity index (χ4n) is 1.63. The fourth-order valence-corrected chi connectivity index (χ4v) is 1.63. The van der Waals surface area contributed by atoms with Crippen LogP contribution in [0.3, 0.4) is 0 Å². The molecule has 2 heteroatoms. The van der Waals surface area contributed by atoms with E-state index in [0.717, 1.165) is 17.7 Å². The third-order valence-corrected chi connectivity index (χ3v) is 2.29. The zero-order chi connectivity index (χ0) is 8.55. The lowest BCUT2D eigenvalue weighted by Crippen LogP contribution is -2.13. The molecular formula is C10H11NO. The molecule has 0 amide bonds. The SMILES string of the molecule is Nc1ccc2c(c1)CCC(=O)C2. The summed E-state index contributed by atoms with van der Waals surface area (Å²) in [6.07, 6.45) is 2.13. The first kappa shape index (κ1) is 7.35. The molecule has 0 aromatic heterocycles. The van der Waals surface area contributed by atoms with Gasteiger partial charge in [-0.05, 0) is 29.7 Å². The number of aryl methyl sites for hydroxylation is 1. The number of carbonyl (C=O) groups excluding carboxylic acids is 1. The molecule has 0 saturated heterocycles. The zero-order valence-corrected chi connectivity index (χ0v) is 6.84. The summed E-state index contributed by atoms with van der Waals surface area (Å²) in [5.41, 5.74) is 8.82. The molecule has 2 rings (SSSR count). The third kappa shape index (κ3) is 1.20.